The monoisotopic (exact) mass is 75.0 g/mol. The zero-order chi connectivity index (χ0) is 4.28. The minimum absolute atomic E-state index is 0.0880. The van der Waals surface area contributed by atoms with Crippen LogP contribution in [0.3, 0.4) is 0 Å². The number of hydrogen-bond donors (Lipinski definition) is 1. The molecule has 0 aliphatic rings. The Balaban J connectivity index is 2.85. The van der Waals surface area contributed by atoms with Crippen LogP contribution in [0.2, 0.25) is 0 Å². The second-order valence-electron chi connectivity index (χ2n) is 0.914. The van der Waals surface area contributed by atoms with Crippen molar-refractivity contribution in [2.45, 2.75) is 6.92 Å². The van der Waals surface area contributed by atoms with E-state index >= 15 is 0 Å². The van der Waals surface area contributed by atoms with E-state index in [-0.39, 0.29) is 5.71 Å². The first kappa shape index (κ1) is 4.60. The number of alkyl halides is 1. The fourth-order valence-electron chi connectivity index (χ4n) is 0. The Morgan fingerprint density at radius 3 is 2.20 bits per heavy atom. The van der Waals surface area contributed by atoms with Gasteiger partial charge in [-0.3, -0.25) is 0 Å². The van der Waals surface area contributed by atoms with Gasteiger partial charge < -0.3 is 5.41 Å². The molecule has 0 amide bonds. The molecule has 0 saturated heterocycles. The van der Waals surface area contributed by atoms with Gasteiger partial charge >= 0.3 is 0 Å². The first-order valence-electron chi connectivity index (χ1n) is 1.37. The maximum Gasteiger partial charge on any atom is 0.127 e. The van der Waals surface area contributed by atoms with Gasteiger partial charge in [-0.15, -0.1) is 0 Å². The van der Waals surface area contributed by atoms with E-state index in [1.54, 1.807) is 0 Å². The van der Waals surface area contributed by atoms with Crippen LogP contribution < -0.4 is 0 Å². The van der Waals surface area contributed by atoms with Gasteiger partial charge in [0.1, 0.15) is 6.67 Å². The quantitative estimate of drug-likeness (QED) is 0.449. The molecule has 0 aromatic heterocycles. The molecule has 30 valence electrons. The third-order valence-corrected chi connectivity index (χ3v) is 0.200. The average Bonchev–Trinajstić information content (AvgIpc) is 1.38. The zero-order valence-corrected chi connectivity index (χ0v) is 3.09. The first-order valence-corrected chi connectivity index (χ1v) is 1.37. The van der Waals surface area contributed by atoms with Crippen LogP contribution in [-0.4, -0.2) is 12.4 Å². The molecule has 0 aromatic rings. The molecular formula is C3H6FN. The summed E-state index contributed by atoms with van der Waals surface area (Å²) in [6.07, 6.45) is 0. The topological polar surface area (TPSA) is 23.9 Å². The Morgan fingerprint density at radius 2 is 2.20 bits per heavy atom. The Bertz CT molecular complexity index is 42.2. The van der Waals surface area contributed by atoms with Gasteiger partial charge in [0.15, 0.2) is 0 Å². The van der Waals surface area contributed by atoms with Crippen molar-refractivity contribution in [3.63, 3.8) is 0 Å². The Morgan fingerprint density at radius 1 is 2.00 bits per heavy atom. The van der Waals surface area contributed by atoms with Crippen LogP contribution in [0.5, 0.6) is 0 Å². The second-order valence-corrected chi connectivity index (χ2v) is 0.914. The lowest BCUT2D eigenvalue weighted by Gasteiger charge is -1.74. The van der Waals surface area contributed by atoms with Crippen LogP contribution in [0.25, 0.3) is 0 Å². The summed E-state index contributed by atoms with van der Waals surface area (Å²) in [5.74, 6) is 0. The lowest BCUT2D eigenvalue weighted by Crippen LogP contribution is -1.86. The summed E-state index contributed by atoms with van der Waals surface area (Å²) in [4.78, 5) is 0. The lowest BCUT2D eigenvalue weighted by atomic mass is 10.5. The maximum absolute atomic E-state index is 10.9. The molecule has 0 aliphatic heterocycles. The van der Waals surface area contributed by atoms with Crippen molar-refractivity contribution >= 4 is 5.71 Å². The molecule has 0 aromatic carbocycles. The van der Waals surface area contributed by atoms with Gasteiger partial charge in [0.2, 0.25) is 0 Å². The van der Waals surface area contributed by atoms with Crippen molar-refractivity contribution in [3.05, 3.63) is 0 Å². The minimum atomic E-state index is -0.611. The highest BCUT2D eigenvalue weighted by atomic mass is 19.1. The van der Waals surface area contributed by atoms with Crippen molar-refractivity contribution < 1.29 is 4.39 Å². The highest BCUT2D eigenvalue weighted by Crippen LogP contribution is 1.66. The van der Waals surface area contributed by atoms with Crippen molar-refractivity contribution in [1.29, 1.82) is 5.41 Å². The minimum Gasteiger partial charge on any atom is -0.307 e. The molecule has 0 bridgehead atoms. The van der Waals surface area contributed by atoms with E-state index in [0.717, 1.165) is 0 Å². The molecule has 0 atom stereocenters. The van der Waals surface area contributed by atoms with Gasteiger partial charge in [-0.25, -0.2) is 4.39 Å². The predicted molar refractivity (Wildman–Crippen MR) is 19.4 cm³/mol. The summed E-state index contributed by atoms with van der Waals surface area (Å²) in [5, 5.41) is 6.37. The number of halogens is 1. The van der Waals surface area contributed by atoms with E-state index in [1.165, 1.54) is 6.92 Å². The van der Waals surface area contributed by atoms with Crippen LogP contribution in [0.4, 0.5) is 4.39 Å². The third-order valence-electron chi connectivity index (χ3n) is 0.200. The average molecular weight is 75.1 g/mol. The summed E-state index contributed by atoms with van der Waals surface area (Å²) < 4.78 is 10.9. The van der Waals surface area contributed by atoms with E-state index in [1.807, 2.05) is 0 Å². The van der Waals surface area contributed by atoms with Crippen LogP contribution in [0.1, 0.15) is 6.92 Å². The fraction of sp³-hybridized carbons (Fsp3) is 0.667. The molecule has 1 nitrogen and oxygen atoms in total. The first-order chi connectivity index (χ1) is 2.27. The maximum atomic E-state index is 10.9. The van der Waals surface area contributed by atoms with Crippen LogP contribution in [0.15, 0.2) is 0 Å². The molecule has 0 saturated carbocycles. The normalized spacial score (nSPS) is 7.60. The smallest absolute Gasteiger partial charge is 0.127 e. The molecule has 0 unspecified atom stereocenters. The van der Waals surface area contributed by atoms with Gasteiger partial charge in [-0.05, 0) is 6.92 Å². The summed E-state index contributed by atoms with van der Waals surface area (Å²) in [5.41, 5.74) is 0.0880. The fourth-order valence-corrected chi connectivity index (χ4v) is 0. The molecule has 2 heteroatoms. The van der Waals surface area contributed by atoms with Crippen molar-refractivity contribution in [2.75, 3.05) is 6.67 Å². The molecule has 0 heterocycles. The molecule has 0 radical (unpaired) electrons. The largest absolute Gasteiger partial charge is 0.307 e. The number of hydrogen-bond acceptors (Lipinski definition) is 1. The van der Waals surface area contributed by atoms with E-state index in [9.17, 15) is 4.39 Å². The van der Waals surface area contributed by atoms with E-state index in [0.29, 0.717) is 0 Å². The Kier molecular flexibility index (Phi) is 1.73. The molecule has 0 fully saturated rings. The van der Waals surface area contributed by atoms with Crippen molar-refractivity contribution in [2.24, 2.45) is 0 Å². The highest BCUT2D eigenvalue weighted by Gasteiger charge is 1.75. The molecular weight excluding hydrogens is 69.0 g/mol. The SMILES string of the molecule is CC(=N)CF. The predicted octanol–water partition coefficient (Wildman–Crippen LogP) is 0.996. The van der Waals surface area contributed by atoms with E-state index < -0.39 is 6.67 Å². The Hall–Kier alpha value is -0.400. The van der Waals surface area contributed by atoms with Gasteiger partial charge in [0, 0.05) is 5.71 Å². The zero-order valence-electron chi connectivity index (χ0n) is 3.09. The van der Waals surface area contributed by atoms with Crippen LogP contribution >= 0.6 is 0 Å². The summed E-state index contributed by atoms with van der Waals surface area (Å²) >= 11 is 0. The van der Waals surface area contributed by atoms with Crippen molar-refractivity contribution in [1.82, 2.24) is 0 Å². The van der Waals surface area contributed by atoms with E-state index in [4.69, 9.17) is 5.41 Å². The van der Waals surface area contributed by atoms with Crippen LogP contribution in [-0.2, 0) is 0 Å². The molecule has 5 heavy (non-hydrogen) atoms. The Labute approximate surface area is 30.3 Å². The van der Waals surface area contributed by atoms with Gasteiger partial charge in [-0.1, -0.05) is 0 Å². The molecule has 1 N–H and O–H groups in total. The molecule has 0 aliphatic carbocycles. The highest BCUT2D eigenvalue weighted by molar-refractivity contribution is 5.79. The second kappa shape index (κ2) is 1.88. The lowest BCUT2D eigenvalue weighted by molar-refractivity contribution is 0.578. The summed E-state index contributed by atoms with van der Waals surface area (Å²) in [7, 11) is 0. The number of rotatable bonds is 1. The summed E-state index contributed by atoms with van der Waals surface area (Å²) in [6.45, 7) is 0.819. The molecule has 0 spiro atoms. The standard InChI is InChI=1S/C3H6FN/c1-3(5)2-4/h5H,2H2,1H3. The molecule has 0 rings (SSSR count). The summed E-state index contributed by atoms with van der Waals surface area (Å²) in [6, 6.07) is 0. The van der Waals surface area contributed by atoms with Gasteiger partial charge in [-0.2, -0.15) is 0 Å². The van der Waals surface area contributed by atoms with Gasteiger partial charge in [0.05, 0.1) is 0 Å². The van der Waals surface area contributed by atoms with Crippen molar-refractivity contribution in [3.8, 4) is 0 Å². The van der Waals surface area contributed by atoms with E-state index in [2.05, 4.69) is 0 Å². The number of nitrogens with one attached hydrogen (secondary N) is 1. The van der Waals surface area contributed by atoms with Gasteiger partial charge in [0.25, 0.3) is 0 Å². The van der Waals surface area contributed by atoms with Crippen LogP contribution in [0, 0.1) is 5.41 Å². The third kappa shape index (κ3) is 3.60.